The van der Waals surface area contributed by atoms with Crippen molar-refractivity contribution in [1.29, 1.82) is 0 Å². The van der Waals surface area contributed by atoms with Crippen molar-refractivity contribution in [2.45, 2.75) is 0 Å². The normalized spacial score (nSPS) is 14.2. The van der Waals surface area contributed by atoms with Crippen LogP contribution in [0.15, 0.2) is 225 Å². The first-order chi connectivity index (χ1) is 46.3. The highest BCUT2D eigenvalue weighted by atomic mass is 19.1. The van der Waals surface area contributed by atoms with E-state index in [9.17, 15) is 9.18 Å². The summed E-state index contributed by atoms with van der Waals surface area (Å²) in [6.07, 6.45) is 15.2. The maximum absolute atomic E-state index is 13.9. The molecule has 1 amide bonds. The molecule has 0 spiro atoms. The number of pyridine rings is 3. The number of halogens is 1. The van der Waals surface area contributed by atoms with E-state index >= 15 is 0 Å². The third-order valence-corrected chi connectivity index (χ3v) is 17.5. The molecule has 7 N–H and O–H groups in total. The Morgan fingerprint density at radius 1 is 0.447 bits per heavy atom. The molecule has 11 heterocycles. The molecule has 470 valence electrons. The average Bonchev–Trinajstić information content (AvgIpc) is 1.65. The topological polar surface area (TPSA) is 200 Å². The molecule has 8 aromatic heterocycles. The Morgan fingerprint density at radius 2 is 0.872 bits per heavy atom. The van der Waals surface area contributed by atoms with E-state index in [1.54, 1.807) is 12.3 Å². The highest BCUT2D eigenvalue weighted by molar-refractivity contribution is 5.96. The number of hydrogen-bond acceptors (Lipinski definition) is 13. The van der Waals surface area contributed by atoms with Gasteiger partial charge in [-0.3, -0.25) is 18.0 Å². The SMILES string of the molecule is NC(=O)c1cc(-c2ccc(Nc3ccc(N4CCOCC4)cc3)c3nccn23)ccc1F.c1cc(-c2ccc(Nc3ccc(N4CCOCC4)cc3)c3nccn23)c2cc[nH]c2c1.c1cn2c(-c3ccc4cc[nH]c4c3)ccc(Nc3ccc(N4CCOCC4)cc3)c2n1. The average molecular weight is 1250 g/mol. The van der Waals surface area contributed by atoms with Gasteiger partial charge in [-0.25, -0.2) is 19.3 Å². The number of hydrogen-bond donors (Lipinski definition) is 6. The molecule has 3 aliphatic rings. The summed E-state index contributed by atoms with van der Waals surface area (Å²) < 4.78 is 36.4. The van der Waals surface area contributed by atoms with E-state index in [-0.39, 0.29) is 5.56 Å². The minimum atomic E-state index is -0.801. The number of imidazole rings is 3. The Balaban J connectivity index is 0.000000116. The van der Waals surface area contributed by atoms with E-state index < -0.39 is 11.7 Å². The molecule has 14 aromatic rings. The van der Waals surface area contributed by atoms with Crippen molar-refractivity contribution in [2.24, 2.45) is 5.73 Å². The van der Waals surface area contributed by atoms with Gasteiger partial charge in [-0.15, -0.1) is 0 Å². The standard InChI is InChI=1S/2C25H23N5O.C24H22FN5O2/c1-2-19(17-23-18(1)9-10-26-23)24-8-7-22(25-27-11-12-30(24)25)28-20-3-5-21(6-4-20)29-13-15-31-16-14-29;1-2-21(20-10-11-26-22(20)3-1)24-9-8-23(25-27-12-13-30(24)25)28-18-4-6-19(7-5-18)29-14-16-31-17-15-29;25-20-6-1-16(15-19(20)23(26)31)22-8-7-21(24-27-9-10-30(22)24)28-17-2-4-18(5-3-17)29-11-13-32-14-12-29/h1-12,17,26,28H,13-16H2;1-13,26,28H,14-17H2;1-10,15,28H,11-14H2,(H2,26,31). The zero-order valence-corrected chi connectivity index (χ0v) is 51.5. The highest BCUT2D eigenvalue weighted by Gasteiger charge is 2.19. The van der Waals surface area contributed by atoms with Gasteiger partial charge in [0.15, 0.2) is 16.9 Å². The number of aromatic amines is 2. The van der Waals surface area contributed by atoms with Gasteiger partial charge in [0.1, 0.15) is 5.82 Å². The van der Waals surface area contributed by atoms with E-state index in [4.69, 9.17) is 19.9 Å². The first-order valence-corrected chi connectivity index (χ1v) is 31.5. The van der Waals surface area contributed by atoms with Crippen LogP contribution in [0.25, 0.3) is 72.5 Å². The van der Waals surface area contributed by atoms with Gasteiger partial charge in [0.25, 0.3) is 5.91 Å². The van der Waals surface area contributed by atoms with Crippen LogP contribution in [0.3, 0.4) is 0 Å². The number of H-pyrrole nitrogens is 2. The number of amides is 1. The predicted molar refractivity (Wildman–Crippen MR) is 372 cm³/mol. The molecule has 0 unspecified atom stereocenters. The molecular formula is C74H68FN15O4. The molecule has 6 aromatic carbocycles. The van der Waals surface area contributed by atoms with Gasteiger partial charge >= 0.3 is 0 Å². The van der Waals surface area contributed by atoms with Crippen LogP contribution in [0.5, 0.6) is 0 Å². The first-order valence-electron chi connectivity index (χ1n) is 31.5. The molecule has 3 saturated heterocycles. The number of nitrogens with two attached hydrogens (primary N) is 1. The number of benzene rings is 6. The number of aromatic nitrogens is 8. The Hall–Kier alpha value is -11.5. The van der Waals surface area contributed by atoms with E-state index in [0.717, 1.165) is 158 Å². The minimum Gasteiger partial charge on any atom is -0.378 e. The molecule has 0 atom stereocenters. The van der Waals surface area contributed by atoms with Crippen LogP contribution < -0.4 is 36.4 Å². The maximum atomic E-state index is 13.9. The number of morpholine rings is 3. The lowest BCUT2D eigenvalue weighted by Gasteiger charge is -2.29. The summed E-state index contributed by atoms with van der Waals surface area (Å²) in [5.74, 6) is -1.44. The number of nitrogens with zero attached hydrogens (tertiary/aromatic N) is 9. The van der Waals surface area contributed by atoms with E-state index in [1.807, 2.05) is 72.0 Å². The summed E-state index contributed by atoms with van der Waals surface area (Å²) in [4.78, 5) is 38.9. The molecule has 3 fully saturated rings. The van der Waals surface area contributed by atoms with Crippen LogP contribution in [0.4, 0.5) is 55.6 Å². The van der Waals surface area contributed by atoms with Crippen LogP contribution in [-0.4, -0.2) is 123 Å². The van der Waals surface area contributed by atoms with Crippen LogP contribution in [0.1, 0.15) is 10.4 Å². The molecule has 0 aliphatic carbocycles. The number of carbonyl (C=O) groups is 1. The number of nitrogens with one attached hydrogen (secondary N) is 5. The molecule has 19 nitrogen and oxygen atoms in total. The van der Waals surface area contributed by atoms with Crippen molar-refractivity contribution in [2.75, 3.05) is 110 Å². The Kier molecular flexibility index (Phi) is 16.5. The van der Waals surface area contributed by atoms with Gasteiger partial charge in [-0.1, -0.05) is 24.3 Å². The molecular weight excluding hydrogens is 1180 g/mol. The second-order valence-electron chi connectivity index (χ2n) is 23.2. The zero-order valence-electron chi connectivity index (χ0n) is 51.5. The number of fused-ring (bicyclic) bond motifs is 5. The predicted octanol–water partition coefficient (Wildman–Crippen LogP) is 13.9. The molecule has 94 heavy (non-hydrogen) atoms. The largest absolute Gasteiger partial charge is 0.378 e. The molecule has 3 aliphatic heterocycles. The maximum Gasteiger partial charge on any atom is 0.251 e. The fourth-order valence-corrected chi connectivity index (χ4v) is 12.6. The second-order valence-corrected chi connectivity index (χ2v) is 23.2. The molecule has 0 bridgehead atoms. The van der Waals surface area contributed by atoms with Crippen LogP contribution >= 0.6 is 0 Å². The van der Waals surface area contributed by atoms with Crippen molar-refractivity contribution in [3.63, 3.8) is 0 Å². The fraction of sp³-hybridized carbons (Fsp3) is 0.162. The Labute approximate surface area is 540 Å². The number of primary amides is 1. The number of rotatable bonds is 13. The van der Waals surface area contributed by atoms with Gasteiger partial charge in [0, 0.05) is 151 Å². The number of ether oxygens (including phenoxy) is 3. The third-order valence-electron chi connectivity index (χ3n) is 17.5. The Morgan fingerprint density at radius 3 is 1.35 bits per heavy atom. The monoisotopic (exact) mass is 1250 g/mol. The lowest BCUT2D eigenvalue weighted by molar-refractivity contribution is 0.0996. The lowest BCUT2D eigenvalue weighted by atomic mass is 10.1. The molecule has 0 saturated carbocycles. The lowest BCUT2D eigenvalue weighted by Crippen LogP contribution is -2.36. The highest BCUT2D eigenvalue weighted by Crippen LogP contribution is 2.35. The van der Waals surface area contributed by atoms with Gasteiger partial charge < -0.3 is 60.6 Å². The summed E-state index contributed by atoms with van der Waals surface area (Å²) >= 11 is 0. The molecule has 20 heteroatoms. The van der Waals surface area contributed by atoms with Crippen molar-refractivity contribution in [3.05, 3.63) is 237 Å². The van der Waals surface area contributed by atoms with Crippen molar-refractivity contribution in [3.8, 4) is 33.8 Å². The van der Waals surface area contributed by atoms with E-state index in [0.29, 0.717) is 11.2 Å². The second kappa shape index (κ2) is 26.4. The van der Waals surface area contributed by atoms with Crippen molar-refractivity contribution in [1.82, 2.24) is 38.1 Å². The molecule has 0 radical (unpaired) electrons. The van der Waals surface area contributed by atoms with Crippen LogP contribution in [0, 0.1) is 5.82 Å². The Bertz CT molecular complexity index is 4960. The van der Waals surface area contributed by atoms with Gasteiger partial charge in [0.2, 0.25) is 0 Å². The quantitative estimate of drug-likeness (QED) is 0.0638. The van der Waals surface area contributed by atoms with Crippen molar-refractivity contribution < 1.29 is 23.4 Å². The van der Waals surface area contributed by atoms with Gasteiger partial charge in [0.05, 0.1) is 79.3 Å². The van der Waals surface area contributed by atoms with Gasteiger partial charge in [-0.2, -0.15) is 0 Å². The third kappa shape index (κ3) is 12.3. The minimum absolute atomic E-state index is 0.140. The van der Waals surface area contributed by atoms with E-state index in [1.165, 1.54) is 45.5 Å². The van der Waals surface area contributed by atoms with Crippen molar-refractivity contribution >= 4 is 95.8 Å². The summed E-state index contributed by atoms with van der Waals surface area (Å²) in [7, 11) is 0. The summed E-state index contributed by atoms with van der Waals surface area (Å²) in [5.41, 5.74) is 25.4. The van der Waals surface area contributed by atoms with E-state index in [2.05, 4.69) is 198 Å². The van der Waals surface area contributed by atoms with Crippen LogP contribution in [0.2, 0.25) is 0 Å². The fourth-order valence-electron chi connectivity index (χ4n) is 12.6. The summed E-state index contributed by atoms with van der Waals surface area (Å²) in [6.45, 7) is 10.2. The first kappa shape index (κ1) is 58.9. The summed E-state index contributed by atoms with van der Waals surface area (Å²) in [6, 6.07) is 59.1. The molecule has 17 rings (SSSR count). The number of carbonyl (C=O) groups excluding carboxylic acids is 1. The number of anilines is 9. The summed E-state index contributed by atoms with van der Waals surface area (Å²) in [5, 5.41) is 12.9. The van der Waals surface area contributed by atoms with Gasteiger partial charge in [-0.05, 0) is 163 Å². The zero-order chi connectivity index (χ0) is 63.3. The smallest absolute Gasteiger partial charge is 0.251 e. The van der Waals surface area contributed by atoms with Crippen LogP contribution in [-0.2, 0) is 14.2 Å².